The van der Waals surface area contributed by atoms with Crippen LogP contribution in [0.3, 0.4) is 0 Å². The van der Waals surface area contributed by atoms with Gasteiger partial charge in [-0.2, -0.15) is 21.6 Å². The molecule has 7 nitrogen and oxygen atoms in total. The summed E-state index contributed by atoms with van der Waals surface area (Å²) in [6.45, 7) is 1.69. The Morgan fingerprint density at radius 1 is 0.947 bits per heavy atom. The first-order valence-corrected chi connectivity index (χ1v) is 13.0. The molecule has 0 aliphatic carbocycles. The van der Waals surface area contributed by atoms with Crippen LogP contribution in [0.15, 0.2) is 71.2 Å². The van der Waals surface area contributed by atoms with E-state index in [4.69, 9.17) is 4.98 Å². The van der Waals surface area contributed by atoms with Gasteiger partial charge < -0.3 is 5.32 Å². The summed E-state index contributed by atoms with van der Waals surface area (Å²) < 4.78 is 76.2. The average Bonchev–Trinajstić information content (AvgIpc) is 2.84. The minimum absolute atomic E-state index is 0.202. The van der Waals surface area contributed by atoms with Gasteiger partial charge in [0, 0.05) is 21.0 Å². The van der Waals surface area contributed by atoms with E-state index in [2.05, 4.69) is 21.2 Å². The van der Waals surface area contributed by atoms with E-state index in [1.165, 1.54) is 0 Å². The number of pyridine rings is 1. The molecule has 0 spiro atoms. The predicted octanol–water partition coefficient (Wildman–Crippen LogP) is 5.94. The van der Waals surface area contributed by atoms with Crippen LogP contribution in [0, 0.1) is 12.7 Å². The zero-order valence-electron chi connectivity index (χ0n) is 19.2. The minimum atomic E-state index is -5.98. The van der Waals surface area contributed by atoms with Gasteiger partial charge in [-0.25, -0.2) is 14.1 Å². The summed E-state index contributed by atoms with van der Waals surface area (Å²) in [6.07, 6.45) is 0. The van der Waals surface area contributed by atoms with Gasteiger partial charge in [0.05, 0.1) is 22.5 Å². The molecule has 0 aliphatic heterocycles. The lowest BCUT2D eigenvalue weighted by atomic mass is 9.97. The van der Waals surface area contributed by atoms with Gasteiger partial charge in [-0.15, -0.1) is 0 Å². The van der Waals surface area contributed by atoms with Gasteiger partial charge in [0.1, 0.15) is 5.82 Å². The smallest absolute Gasteiger partial charge is 0.319 e. The molecule has 0 aliphatic rings. The lowest BCUT2D eigenvalue weighted by Gasteiger charge is -2.16. The fourth-order valence-corrected chi connectivity index (χ4v) is 4.63. The molecule has 0 atom stereocenters. The molecule has 0 saturated carbocycles. The van der Waals surface area contributed by atoms with Crippen molar-refractivity contribution in [3.05, 3.63) is 93.7 Å². The zero-order chi connectivity index (χ0) is 27.8. The number of nitrogens with zero attached hydrogens (tertiary/aromatic N) is 1. The Bertz CT molecular complexity index is 1690. The molecule has 2 amide bonds. The summed E-state index contributed by atoms with van der Waals surface area (Å²) >= 11 is 3.44. The summed E-state index contributed by atoms with van der Waals surface area (Å²) in [5, 5.41) is 2.88. The Kier molecular flexibility index (Phi) is 7.26. The molecule has 1 heterocycles. The molecule has 196 valence electrons. The molecule has 13 heteroatoms. The molecule has 0 radical (unpaired) electrons. The van der Waals surface area contributed by atoms with Crippen LogP contribution < -0.4 is 10.0 Å². The van der Waals surface area contributed by atoms with Crippen LogP contribution >= 0.6 is 15.9 Å². The molecule has 0 unspecified atom stereocenters. The maximum atomic E-state index is 14.8. The van der Waals surface area contributed by atoms with E-state index >= 15 is 0 Å². The lowest BCUT2D eigenvalue weighted by Crippen LogP contribution is -2.40. The molecule has 0 fully saturated rings. The molecule has 3 aromatic carbocycles. The Morgan fingerprint density at radius 2 is 1.63 bits per heavy atom. The van der Waals surface area contributed by atoms with Crippen LogP contribution in [0.4, 0.5) is 23.2 Å². The van der Waals surface area contributed by atoms with Crippen LogP contribution in [0.2, 0.25) is 0 Å². The van der Waals surface area contributed by atoms with E-state index in [0.29, 0.717) is 32.7 Å². The van der Waals surface area contributed by atoms with Crippen molar-refractivity contribution in [2.45, 2.75) is 12.4 Å². The number of nitrogens with one attached hydrogen (secondary N) is 2. The minimum Gasteiger partial charge on any atom is -0.319 e. The standard InChI is InChI=1S/C25H16BrF4N3O4S/c1-13-20(16-8-5-9-17(26)22(16)32-21(13)14-6-3-2-4-7-14)24(35)31-19-11-10-15(12-18(19)27)23(34)33-38(36,37)25(28,29)30/h2-12H,1H3,(H,31,35)(H,33,34). The molecule has 0 bridgehead atoms. The molecular weight excluding hydrogens is 594 g/mol. The van der Waals surface area contributed by atoms with Crippen LogP contribution in [0.1, 0.15) is 26.3 Å². The van der Waals surface area contributed by atoms with Crippen molar-refractivity contribution < 1.29 is 35.6 Å². The quantitative estimate of drug-likeness (QED) is 0.272. The maximum Gasteiger partial charge on any atom is 0.516 e. The van der Waals surface area contributed by atoms with Crippen molar-refractivity contribution in [1.82, 2.24) is 9.71 Å². The second-order valence-corrected chi connectivity index (χ2v) is 10.5. The van der Waals surface area contributed by atoms with Gasteiger partial charge in [-0.3, -0.25) is 9.59 Å². The number of sulfonamides is 1. The second kappa shape index (κ2) is 10.1. The van der Waals surface area contributed by atoms with E-state index in [0.717, 1.165) is 22.4 Å². The highest BCUT2D eigenvalue weighted by Crippen LogP contribution is 2.33. The van der Waals surface area contributed by atoms with E-state index in [1.807, 2.05) is 30.3 Å². The van der Waals surface area contributed by atoms with Crippen LogP contribution in [-0.4, -0.2) is 30.7 Å². The van der Waals surface area contributed by atoms with Crippen molar-refractivity contribution in [3.63, 3.8) is 0 Å². The molecular formula is C25H16BrF4N3O4S. The zero-order valence-corrected chi connectivity index (χ0v) is 21.6. The van der Waals surface area contributed by atoms with Crippen molar-refractivity contribution in [1.29, 1.82) is 0 Å². The molecule has 38 heavy (non-hydrogen) atoms. The average molecular weight is 610 g/mol. The number of halogens is 5. The number of hydrogen-bond donors (Lipinski definition) is 2. The fourth-order valence-electron chi connectivity index (χ4n) is 3.70. The third-order valence-electron chi connectivity index (χ3n) is 5.50. The number of aromatic nitrogens is 1. The van der Waals surface area contributed by atoms with Crippen molar-refractivity contribution in [2.75, 3.05) is 5.32 Å². The van der Waals surface area contributed by atoms with Gasteiger partial charge in [0.2, 0.25) is 0 Å². The third kappa shape index (κ3) is 5.24. The normalized spacial score (nSPS) is 11.8. The van der Waals surface area contributed by atoms with Crippen molar-refractivity contribution in [2.24, 2.45) is 0 Å². The first kappa shape index (κ1) is 27.2. The Balaban J connectivity index is 1.71. The van der Waals surface area contributed by atoms with Crippen molar-refractivity contribution in [3.8, 4) is 11.3 Å². The summed E-state index contributed by atoms with van der Waals surface area (Å²) in [7, 11) is -5.98. The SMILES string of the molecule is Cc1c(-c2ccccc2)nc2c(Br)cccc2c1C(=O)Nc1ccc(C(=O)NS(=O)(=O)C(F)(F)F)cc1F. The van der Waals surface area contributed by atoms with Gasteiger partial charge in [-0.05, 0) is 52.7 Å². The van der Waals surface area contributed by atoms with Gasteiger partial charge in [0.15, 0.2) is 0 Å². The van der Waals surface area contributed by atoms with E-state index in [9.17, 15) is 35.6 Å². The first-order valence-electron chi connectivity index (χ1n) is 10.7. The van der Waals surface area contributed by atoms with Crippen LogP contribution in [0.25, 0.3) is 22.2 Å². The summed E-state index contributed by atoms with van der Waals surface area (Å²) in [4.78, 5) is 30.1. The summed E-state index contributed by atoms with van der Waals surface area (Å²) in [5.41, 5.74) is -4.35. The highest BCUT2D eigenvalue weighted by atomic mass is 79.9. The summed E-state index contributed by atoms with van der Waals surface area (Å²) in [5.74, 6) is -3.57. The van der Waals surface area contributed by atoms with Crippen molar-refractivity contribution >= 4 is 54.4 Å². The van der Waals surface area contributed by atoms with Gasteiger partial charge in [0.25, 0.3) is 11.8 Å². The number of amides is 2. The molecule has 0 saturated heterocycles. The lowest BCUT2D eigenvalue weighted by molar-refractivity contribution is -0.0446. The van der Waals surface area contributed by atoms with Gasteiger partial charge >= 0.3 is 15.5 Å². The molecule has 2 N–H and O–H groups in total. The monoisotopic (exact) mass is 609 g/mol. The maximum absolute atomic E-state index is 14.8. The highest BCUT2D eigenvalue weighted by Gasteiger charge is 2.47. The number of benzene rings is 3. The predicted molar refractivity (Wildman–Crippen MR) is 136 cm³/mol. The number of carbonyl (C=O) groups is 2. The number of para-hydroxylation sites is 1. The third-order valence-corrected chi connectivity index (χ3v) is 7.20. The number of fused-ring (bicyclic) bond motifs is 1. The Hall–Kier alpha value is -3.84. The number of carbonyl (C=O) groups excluding carboxylic acids is 2. The first-order chi connectivity index (χ1) is 17.8. The highest BCUT2D eigenvalue weighted by molar-refractivity contribution is 9.10. The van der Waals surface area contributed by atoms with Crippen LogP contribution in [0.5, 0.6) is 0 Å². The topological polar surface area (TPSA) is 105 Å². The number of anilines is 1. The molecule has 1 aromatic heterocycles. The van der Waals surface area contributed by atoms with E-state index in [-0.39, 0.29) is 11.3 Å². The number of alkyl halides is 3. The van der Waals surface area contributed by atoms with Crippen LogP contribution in [-0.2, 0) is 10.0 Å². The van der Waals surface area contributed by atoms with E-state index < -0.39 is 38.7 Å². The second-order valence-electron chi connectivity index (χ2n) is 7.99. The van der Waals surface area contributed by atoms with E-state index in [1.54, 1.807) is 25.1 Å². The number of hydrogen-bond acceptors (Lipinski definition) is 5. The number of rotatable bonds is 5. The Labute approximate surface area is 222 Å². The van der Waals surface area contributed by atoms with Gasteiger partial charge in [-0.1, -0.05) is 42.5 Å². The Morgan fingerprint density at radius 3 is 2.26 bits per heavy atom. The molecule has 4 aromatic rings. The largest absolute Gasteiger partial charge is 0.516 e. The fraction of sp³-hybridized carbons (Fsp3) is 0.0800. The molecule has 4 rings (SSSR count). The summed E-state index contributed by atoms with van der Waals surface area (Å²) in [6, 6.07) is 16.6.